The number of nitrogens with zero attached hydrogens (tertiary/aromatic N) is 9. The molecule has 3 fully saturated rings. The number of carbonyl (C=O) groups excluding carboxylic acids is 9. The molecule has 3 saturated carbocycles. The van der Waals surface area contributed by atoms with Crippen molar-refractivity contribution in [1.82, 2.24) is 0 Å². The molecule has 77 heavy (non-hydrogen) atoms. The zero-order valence-electron chi connectivity index (χ0n) is 45.1. The zero-order chi connectivity index (χ0) is 56.6. The van der Waals surface area contributed by atoms with E-state index in [-0.39, 0.29) is 17.5 Å². The molecule has 0 N–H and O–H groups in total. The van der Waals surface area contributed by atoms with Crippen LogP contribution in [0.2, 0.25) is 0 Å². The van der Waals surface area contributed by atoms with E-state index in [4.69, 9.17) is 0 Å². The maximum atomic E-state index is 10.2. The highest BCUT2D eigenvalue weighted by molar-refractivity contribution is 5.61. The summed E-state index contributed by atoms with van der Waals surface area (Å²) < 4.78 is 0. The van der Waals surface area contributed by atoms with Gasteiger partial charge in [-0.25, -0.2) is 68.1 Å². The Labute approximate surface area is 451 Å². The number of hydrogen-bond acceptors (Lipinski definition) is 18. The zero-order valence-corrected chi connectivity index (χ0v) is 45.1. The molecule has 3 aromatic rings. The molecule has 3 aliphatic rings. The van der Waals surface area contributed by atoms with E-state index in [1.165, 1.54) is 87.5 Å². The summed E-state index contributed by atoms with van der Waals surface area (Å²) in [5.41, 5.74) is 5.72. The van der Waals surface area contributed by atoms with Crippen molar-refractivity contribution in [1.29, 1.82) is 0 Å². The van der Waals surface area contributed by atoms with Crippen LogP contribution in [-0.2, 0) is 49.6 Å². The SMILES string of the molecule is CC1CC(C)(C)CC(C)(CN=C=O)C1.Cc1ccc(N=C=O)cc1N=C=O.O=C=NC1CCC(CC2CCC(N=C=O)CC2)CC1.O=C=NCCCCCCN=C=O.O=C=Nc1ccc(Cc2ccc(N=C=O)cc2)cc1. The third kappa shape index (κ3) is 29.1. The fourth-order valence-corrected chi connectivity index (χ4v) is 10.6. The summed E-state index contributed by atoms with van der Waals surface area (Å²) in [6.07, 6.45) is 32.3. The molecule has 0 aliphatic heterocycles. The van der Waals surface area contributed by atoms with Gasteiger partial charge in [0.25, 0.3) is 0 Å². The molecule has 0 heterocycles. The maximum absolute atomic E-state index is 10.2. The lowest BCUT2D eigenvalue weighted by atomic mass is 9.61. The minimum absolute atomic E-state index is 0.207. The van der Waals surface area contributed by atoms with E-state index in [9.17, 15) is 43.2 Å². The summed E-state index contributed by atoms with van der Waals surface area (Å²) in [4.78, 5) is 122. The van der Waals surface area contributed by atoms with E-state index in [1.807, 2.05) is 24.3 Å². The number of hydrogen-bond donors (Lipinski definition) is 0. The van der Waals surface area contributed by atoms with Crippen molar-refractivity contribution in [2.24, 2.45) is 73.5 Å². The fourth-order valence-electron chi connectivity index (χ4n) is 10.6. The molecule has 2 unspecified atom stereocenters. The predicted molar refractivity (Wildman–Crippen MR) is 293 cm³/mol. The minimum Gasteiger partial charge on any atom is -0.211 e. The van der Waals surface area contributed by atoms with Crippen LogP contribution in [0.15, 0.2) is 112 Å². The molecule has 3 aromatic carbocycles. The number of isocyanates is 9. The Morgan fingerprint density at radius 2 is 0.909 bits per heavy atom. The van der Waals surface area contributed by atoms with Gasteiger partial charge in [0.15, 0.2) is 0 Å². The summed E-state index contributed by atoms with van der Waals surface area (Å²) >= 11 is 0. The summed E-state index contributed by atoms with van der Waals surface area (Å²) in [5.74, 6) is 2.34. The molecule has 6 rings (SSSR count). The summed E-state index contributed by atoms with van der Waals surface area (Å²) in [7, 11) is 0. The molecule has 0 spiro atoms. The van der Waals surface area contributed by atoms with Gasteiger partial charge in [0.05, 0.1) is 54.5 Å². The van der Waals surface area contributed by atoms with Gasteiger partial charge in [-0.2, -0.15) is 20.0 Å². The second-order valence-corrected chi connectivity index (χ2v) is 20.8. The van der Waals surface area contributed by atoms with Gasteiger partial charge in [-0.1, -0.05) is 70.9 Å². The van der Waals surface area contributed by atoms with Crippen LogP contribution in [0.4, 0.5) is 22.7 Å². The molecule has 18 nitrogen and oxygen atoms in total. The van der Waals surface area contributed by atoms with Gasteiger partial charge < -0.3 is 0 Å². The average molecular weight is 1050 g/mol. The van der Waals surface area contributed by atoms with Crippen molar-refractivity contribution in [2.45, 2.75) is 156 Å². The summed E-state index contributed by atoms with van der Waals surface area (Å²) in [6.45, 7) is 12.7. The Bertz CT molecular complexity index is 2590. The predicted octanol–water partition coefficient (Wildman–Crippen LogP) is 12.7. The molecule has 3 aliphatic carbocycles. The largest absolute Gasteiger partial charge is 0.240 e. The smallest absolute Gasteiger partial charge is 0.211 e. The van der Waals surface area contributed by atoms with E-state index < -0.39 is 0 Å². The summed E-state index contributed by atoms with van der Waals surface area (Å²) in [5, 5.41) is 0. The molecule has 0 amide bonds. The highest BCUT2D eigenvalue weighted by Crippen LogP contribution is 2.48. The van der Waals surface area contributed by atoms with E-state index in [0.717, 1.165) is 98.7 Å². The number of aryl methyl sites for hydroxylation is 1. The van der Waals surface area contributed by atoms with Crippen molar-refractivity contribution >= 4 is 77.5 Å². The Balaban J connectivity index is 0.000000334. The van der Waals surface area contributed by atoms with Crippen LogP contribution < -0.4 is 0 Å². The molecule has 406 valence electrons. The Kier molecular flexibility index (Phi) is 32.7. The molecular weight excluding hydrogens is 979 g/mol. The average Bonchev–Trinajstić information content (AvgIpc) is 3.40. The highest BCUT2D eigenvalue weighted by Gasteiger charge is 2.39. The van der Waals surface area contributed by atoms with Gasteiger partial charge in [-0.15, -0.1) is 0 Å². The lowest BCUT2D eigenvalue weighted by Gasteiger charge is -2.45. The summed E-state index contributed by atoms with van der Waals surface area (Å²) in [6, 6.07) is 20.1. The Morgan fingerprint density at radius 1 is 0.481 bits per heavy atom. The first kappa shape index (κ1) is 65.2. The second-order valence-electron chi connectivity index (χ2n) is 20.8. The van der Waals surface area contributed by atoms with Crippen LogP contribution in [0.3, 0.4) is 0 Å². The first-order valence-electron chi connectivity index (χ1n) is 26.0. The standard InChI is InChI=1S/C15H22N2O2.C15H10N2O2.C12H21NO.C9H6N2O2.C8H12N2O2/c2*18-10-16-14-5-1-12(2-6-14)9-13-3-7-15(8-4-13)17-11-19;1-10-5-11(2,3)7-12(4,6-10)8-13-9-14;1-7-2-3-8(10-5-12)4-9(7)11-6-13;11-7-9-5-3-1-2-4-6-10-8-12/h12-15H,1-9H2;1-8H,9H2;10H,5-8H2,1-4H3;2-4H,1H3;1-6H2. The van der Waals surface area contributed by atoms with Gasteiger partial charge in [0, 0.05) is 0 Å². The second kappa shape index (κ2) is 38.6. The van der Waals surface area contributed by atoms with Crippen LogP contribution in [0.25, 0.3) is 0 Å². The monoisotopic (exact) mass is 1050 g/mol. The minimum atomic E-state index is 0.207. The third-order valence-electron chi connectivity index (χ3n) is 13.5. The van der Waals surface area contributed by atoms with E-state index in [1.54, 1.807) is 61.6 Å². The molecule has 0 aromatic heterocycles. The van der Waals surface area contributed by atoms with Crippen LogP contribution in [0, 0.1) is 35.5 Å². The van der Waals surface area contributed by atoms with Crippen molar-refractivity contribution in [2.75, 3.05) is 19.6 Å². The third-order valence-corrected chi connectivity index (χ3v) is 13.5. The number of benzene rings is 3. The quantitative estimate of drug-likeness (QED) is 0.0626. The first-order chi connectivity index (χ1) is 37.2. The van der Waals surface area contributed by atoms with Crippen LogP contribution in [-0.4, -0.2) is 86.4 Å². The number of unbranched alkanes of at least 4 members (excludes halogenated alkanes) is 3. The van der Waals surface area contributed by atoms with Gasteiger partial charge in [-0.3, -0.25) is 0 Å². The van der Waals surface area contributed by atoms with E-state index in [0.29, 0.717) is 47.8 Å². The first-order valence-corrected chi connectivity index (χ1v) is 26.0. The van der Waals surface area contributed by atoms with Crippen molar-refractivity contribution in [3.05, 3.63) is 83.4 Å². The van der Waals surface area contributed by atoms with E-state index in [2.05, 4.69) is 72.6 Å². The van der Waals surface area contributed by atoms with Crippen molar-refractivity contribution in [3.63, 3.8) is 0 Å². The Hall–Kier alpha value is -7.92. The van der Waals surface area contributed by atoms with Gasteiger partial charge in [0.2, 0.25) is 54.7 Å². The van der Waals surface area contributed by atoms with Crippen molar-refractivity contribution in [3.8, 4) is 0 Å². The Morgan fingerprint density at radius 3 is 1.31 bits per heavy atom. The van der Waals surface area contributed by atoms with E-state index >= 15 is 0 Å². The highest BCUT2D eigenvalue weighted by atomic mass is 16.1. The number of rotatable bonds is 19. The number of aliphatic imine (C=N–C) groups is 9. The lowest BCUT2D eigenvalue weighted by molar-refractivity contribution is 0.0680. The van der Waals surface area contributed by atoms with Crippen LogP contribution >= 0.6 is 0 Å². The fraction of sp³-hybridized carbons (Fsp3) is 0.542. The van der Waals surface area contributed by atoms with Gasteiger partial charge in [0.1, 0.15) is 0 Å². The maximum Gasteiger partial charge on any atom is 0.240 e. The molecule has 0 radical (unpaired) electrons. The van der Waals surface area contributed by atoms with Gasteiger partial charge in [-0.05, 0) is 185 Å². The molecule has 2 atom stereocenters. The topological polar surface area (TPSA) is 265 Å². The van der Waals surface area contributed by atoms with Crippen LogP contribution in [0.5, 0.6) is 0 Å². The molecule has 0 saturated heterocycles. The van der Waals surface area contributed by atoms with Crippen molar-refractivity contribution < 1.29 is 43.2 Å². The molecule has 18 heteroatoms. The van der Waals surface area contributed by atoms with Crippen LogP contribution in [0.1, 0.15) is 147 Å². The molecular formula is C59H71N9O9. The lowest BCUT2D eigenvalue weighted by Crippen LogP contribution is -2.36. The molecule has 0 bridgehead atoms. The van der Waals surface area contributed by atoms with Gasteiger partial charge >= 0.3 is 0 Å². The normalized spacial score (nSPS) is 20.2.